The quantitative estimate of drug-likeness (QED) is 0.111. The molecule has 3 saturated heterocycles. The molecule has 3 aliphatic rings. The first-order valence-electron chi connectivity index (χ1n) is 18.4. The summed E-state index contributed by atoms with van der Waals surface area (Å²) < 4.78 is 12.4. The number of fused-ring (bicyclic) bond motifs is 1. The van der Waals surface area contributed by atoms with Crippen molar-refractivity contribution in [3.05, 3.63) is 126 Å². The fourth-order valence-electron chi connectivity index (χ4n) is 8.62. The minimum Gasteiger partial charge on any atom is -0.463 e. The van der Waals surface area contributed by atoms with Crippen molar-refractivity contribution in [3.63, 3.8) is 0 Å². The van der Waals surface area contributed by atoms with E-state index >= 15 is 9.59 Å². The van der Waals surface area contributed by atoms with Gasteiger partial charge in [-0.15, -0.1) is 13.2 Å². The molecule has 1 unspecified atom stereocenters. The average Bonchev–Trinajstić information content (AvgIpc) is 3.77. The Balaban J connectivity index is 1.40. The molecule has 284 valence electrons. The molecule has 3 amide bonds. The number of nitrogens with one attached hydrogen (secondary N) is 1. The number of aryl methyl sites for hydroxylation is 2. The third kappa shape index (κ3) is 7.41. The number of alkyl halides is 1. The molecular weight excluding hydrogens is 750 g/mol. The molecule has 6 rings (SSSR count). The number of ether oxygens (including phenoxy) is 2. The molecule has 0 saturated carbocycles. The van der Waals surface area contributed by atoms with Crippen molar-refractivity contribution >= 4 is 45.3 Å². The zero-order valence-electron chi connectivity index (χ0n) is 30.7. The lowest BCUT2D eigenvalue weighted by Crippen LogP contribution is -2.59. The standard InChI is InChI=1S/C43H48BrN3O7/c1-5-7-21-34(49)53-26-33(30-19-12-9-13-20-30)45-40(50)35-36-41(51)47(31(25-48)23-29-17-10-8-11-18-29)39(43(36)24-32(44)38(35)54-43)42(52)46(22-6-2)37-27(3)15-14-16-28(37)4/h5-6,8-20,31-33,35-36,38-39,48H,1-2,7,21-26H2,3-4H3,(H,45,50)/t31-,32?,33-,35+,36-,38+,39+,43-/m1/s1. The highest BCUT2D eigenvalue weighted by Crippen LogP contribution is 2.61. The minimum absolute atomic E-state index is 0.116. The number of aliphatic hydroxyl groups is 1. The van der Waals surface area contributed by atoms with E-state index in [-0.39, 0.29) is 36.7 Å². The fourth-order valence-corrected chi connectivity index (χ4v) is 9.56. The van der Waals surface area contributed by atoms with Gasteiger partial charge >= 0.3 is 5.97 Å². The van der Waals surface area contributed by atoms with Crippen LogP contribution in [0.5, 0.6) is 0 Å². The monoisotopic (exact) mass is 797 g/mol. The molecule has 10 nitrogen and oxygen atoms in total. The van der Waals surface area contributed by atoms with Crippen LogP contribution in [0.3, 0.4) is 0 Å². The van der Waals surface area contributed by atoms with E-state index in [0.717, 1.165) is 22.3 Å². The van der Waals surface area contributed by atoms with E-state index in [1.165, 1.54) is 4.90 Å². The number of carbonyl (C=O) groups is 4. The second-order valence-corrected chi connectivity index (χ2v) is 15.6. The predicted octanol–water partition coefficient (Wildman–Crippen LogP) is 5.54. The number of hydrogen-bond donors (Lipinski definition) is 2. The predicted molar refractivity (Wildman–Crippen MR) is 210 cm³/mol. The number of carbonyl (C=O) groups excluding carboxylic acids is 4. The van der Waals surface area contributed by atoms with E-state index in [9.17, 15) is 14.7 Å². The van der Waals surface area contributed by atoms with E-state index in [0.29, 0.717) is 18.5 Å². The highest BCUT2D eigenvalue weighted by atomic mass is 79.9. The van der Waals surface area contributed by atoms with Gasteiger partial charge in [0.05, 0.1) is 36.6 Å². The smallest absolute Gasteiger partial charge is 0.306 e. The van der Waals surface area contributed by atoms with Gasteiger partial charge in [0.15, 0.2) is 0 Å². The van der Waals surface area contributed by atoms with E-state index in [1.54, 1.807) is 17.1 Å². The number of benzene rings is 3. The number of aliphatic hydroxyl groups excluding tert-OH is 1. The Hall–Kier alpha value is -4.58. The molecule has 8 atom stereocenters. The molecule has 3 fully saturated rings. The third-order valence-corrected chi connectivity index (χ3v) is 11.8. The normalized spacial score (nSPS) is 25.1. The second kappa shape index (κ2) is 16.8. The van der Waals surface area contributed by atoms with Crippen LogP contribution in [0.25, 0.3) is 0 Å². The van der Waals surface area contributed by atoms with Crippen molar-refractivity contribution in [2.24, 2.45) is 11.8 Å². The van der Waals surface area contributed by atoms with Crippen molar-refractivity contribution in [3.8, 4) is 0 Å². The van der Waals surface area contributed by atoms with Crippen LogP contribution in [-0.4, -0.2) is 82.1 Å². The highest BCUT2D eigenvalue weighted by Gasteiger charge is 2.77. The maximum absolute atomic E-state index is 15.3. The number of allylic oxidation sites excluding steroid dienone is 1. The maximum Gasteiger partial charge on any atom is 0.306 e. The topological polar surface area (TPSA) is 125 Å². The first-order valence-corrected chi connectivity index (χ1v) is 19.4. The van der Waals surface area contributed by atoms with Gasteiger partial charge in [0.1, 0.15) is 18.2 Å². The molecule has 0 aromatic heterocycles. The van der Waals surface area contributed by atoms with Gasteiger partial charge < -0.3 is 29.7 Å². The van der Waals surface area contributed by atoms with Gasteiger partial charge in [-0.25, -0.2) is 0 Å². The van der Waals surface area contributed by atoms with Crippen molar-refractivity contribution in [2.75, 3.05) is 24.7 Å². The number of likely N-dealkylation sites (tertiary alicyclic amines) is 1. The Morgan fingerprint density at radius 3 is 2.33 bits per heavy atom. The summed E-state index contributed by atoms with van der Waals surface area (Å²) in [4.78, 5) is 60.3. The number of amides is 3. The summed E-state index contributed by atoms with van der Waals surface area (Å²) in [5.41, 5.74) is 2.69. The zero-order chi connectivity index (χ0) is 38.6. The van der Waals surface area contributed by atoms with Gasteiger partial charge in [0, 0.05) is 23.5 Å². The third-order valence-electron chi connectivity index (χ3n) is 11.0. The van der Waals surface area contributed by atoms with E-state index in [4.69, 9.17) is 9.47 Å². The van der Waals surface area contributed by atoms with Crippen LogP contribution in [-0.2, 0) is 35.1 Å². The largest absolute Gasteiger partial charge is 0.463 e. The zero-order valence-corrected chi connectivity index (χ0v) is 32.3. The van der Waals surface area contributed by atoms with Gasteiger partial charge in [-0.1, -0.05) is 107 Å². The summed E-state index contributed by atoms with van der Waals surface area (Å²) in [5, 5.41) is 14.0. The lowest BCUT2D eigenvalue weighted by molar-refractivity contribution is -0.146. The molecule has 3 aromatic rings. The number of rotatable bonds is 16. The van der Waals surface area contributed by atoms with Crippen LogP contribution in [0.4, 0.5) is 5.69 Å². The van der Waals surface area contributed by atoms with Crippen molar-refractivity contribution in [1.82, 2.24) is 10.2 Å². The van der Waals surface area contributed by atoms with Crippen molar-refractivity contribution in [2.45, 2.75) is 74.2 Å². The van der Waals surface area contributed by atoms with Crippen LogP contribution in [0.2, 0.25) is 0 Å². The molecular formula is C43H48BrN3O7. The van der Waals surface area contributed by atoms with Crippen molar-refractivity contribution < 1.29 is 33.8 Å². The number of nitrogens with zero attached hydrogens (tertiary/aromatic N) is 2. The summed E-state index contributed by atoms with van der Waals surface area (Å²) >= 11 is 3.78. The Labute approximate surface area is 325 Å². The van der Waals surface area contributed by atoms with E-state index < -0.39 is 66.1 Å². The Morgan fingerprint density at radius 2 is 1.70 bits per heavy atom. The lowest BCUT2D eigenvalue weighted by Gasteiger charge is -2.40. The molecule has 2 bridgehead atoms. The van der Waals surface area contributed by atoms with Crippen LogP contribution in [0.1, 0.15) is 47.6 Å². The van der Waals surface area contributed by atoms with Crippen LogP contribution >= 0.6 is 15.9 Å². The van der Waals surface area contributed by atoms with E-state index in [1.807, 2.05) is 92.7 Å². The van der Waals surface area contributed by atoms with Crippen LogP contribution in [0, 0.1) is 25.7 Å². The van der Waals surface area contributed by atoms with Crippen LogP contribution < -0.4 is 10.2 Å². The number of esters is 1. The van der Waals surface area contributed by atoms with Crippen LogP contribution in [0.15, 0.2) is 104 Å². The van der Waals surface area contributed by atoms with Gasteiger partial charge in [-0.2, -0.15) is 0 Å². The fraction of sp³-hybridized carbons (Fsp3) is 0.395. The Morgan fingerprint density at radius 1 is 1.04 bits per heavy atom. The molecule has 3 aromatic carbocycles. The molecule has 0 radical (unpaired) electrons. The first kappa shape index (κ1) is 39.1. The summed E-state index contributed by atoms with van der Waals surface area (Å²) in [7, 11) is 0. The molecule has 3 aliphatic heterocycles. The maximum atomic E-state index is 15.3. The van der Waals surface area contributed by atoms with E-state index in [2.05, 4.69) is 34.4 Å². The molecule has 2 N–H and O–H groups in total. The molecule has 1 spiro atoms. The lowest BCUT2D eigenvalue weighted by atomic mass is 9.70. The van der Waals surface area contributed by atoms with Gasteiger partial charge in [0.25, 0.3) is 5.91 Å². The minimum atomic E-state index is -1.38. The van der Waals surface area contributed by atoms with Crippen molar-refractivity contribution in [1.29, 1.82) is 0 Å². The van der Waals surface area contributed by atoms with Gasteiger partial charge in [-0.05, 0) is 55.4 Å². The number of hydrogen-bond acceptors (Lipinski definition) is 7. The number of halogens is 1. The summed E-state index contributed by atoms with van der Waals surface area (Å²) in [6.07, 6.45) is 3.77. The average molecular weight is 799 g/mol. The van der Waals surface area contributed by atoms with Gasteiger partial charge in [0.2, 0.25) is 11.8 Å². The SMILES string of the molecule is C=CCCC(=O)OC[C@@H](NC(=O)[C@@H]1[C@H]2O[C@@]3(CC2Br)[C@H](C(=O)N(CC=C)c2c(C)cccc2C)N([C@@H](CO)Cc2ccccc2)C(=O)[C@@H]13)c1ccccc1. The molecule has 11 heteroatoms. The Kier molecular flexibility index (Phi) is 12.2. The Bertz CT molecular complexity index is 1850. The summed E-state index contributed by atoms with van der Waals surface area (Å²) in [6.45, 7) is 11.1. The second-order valence-electron chi connectivity index (χ2n) is 14.4. The number of para-hydroxylation sites is 1. The molecule has 3 heterocycles. The van der Waals surface area contributed by atoms with Gasteiger partial charge in [-0.3, -0.25) is 19.2 Å². The molecule has 0 aliphatic carbocycles. The number of anilines is 1. The summed E-state index contributed by atoms with van der Waals surface area (Å²) in [5.74, 6) is -3.66. The summed E-state index contributed by atoms with van der Waals surface area (Å²) in [6, 6.07) is 21.8. The highest BCUT2D eigenvalue weighted by molar-refractivity contribution is 9.09. The first-order chi connectivity index (χ1) is 26.1. The molecule has 54 heavy (non-hydrogen) atoms.